The first kappa shape index (κ1) is 20.9. The van der Waals surface area contributed by atoms with Crippen molar-refractivity contribution in [2.45, 2.75) is 22.6 Å². The molecule has 2 atom stereocenters. The lowest BCUT2D eigenvalue weighted by Gasteiger charge is -2.20. The molecule has 0 saturated carbocycles. The van der Waals surface area contributed by atoms with Crippen LogP contribution in [0.1, 0.15) is 5.56 Å². The number of sulfone groups is 2. The van der Waals surface area contributed by atoms with Crippen LogP contribution in [-0.4, -0.2) is 58.3 Å². The average molecular weight is 449 g/mol. The van der Waals surface area contributed by atoms with Crippen molar-refractivity contribution in [3.05, 3.63) is 60.3 Å². The fraction of sp³-hybridized carbons (Fsp3) is 0.333. The Hall–Kier alpha value is -2.36. The van der Waals surface area contributed by atoms with Gasteiger partial charge < -0.3 is 15.0 Å². The Labute approximate surface area is 176 Å². The summed E-state index contributed by atoms with van der Waals surface area (Å²) < 4.78 is 55.9. The van der Waals surface area contributed by atoms with Gasteiger partial charge in [0.2, 0.25) is 0 Å². The molecule has 0 radical (unpaired) electrons. The first-order valence-corrected chi connectivity index (χ1v) is 13.0. The largest absolute Gasteiger partial charge is 0.497 e. The van der Waals surface area contributed by atoms with Gasteiger partial charge in [-0.1, -0.05) is 18.2 Å². The molecule has 3 aromatic rings. The van der Waals surface area contributed by atoms with Crippen molar-refractivity contribution < 1.29 is 21.6 Å². The van der Waals surface area contributed by atoms with Gasteiger partial charge in [0.15, 0.2) is 19.7 Å². The molecule has 1 aromatic heterocycles. The van der Waals surface area contributed by atoms with E-state index in [1.54, 1.807) is 12.1 Å². The van der Waals surface area contributed by atoms with E-state index in [0.29, 0.717) is 18.7 Å². The molecule has 0 bridgehead atoms. The number of aromatic nitrogens is 1. The number of aromatic amines is 1. The number of H-pyrrole nitrogens is 1. The quantitative estimate of drug-likeness (QED) is 0.572. The molecule has 1 aliphatic heterocycles. The van der Waals surface area contributed by atoms with Gasteiger partial charge in [-0.25, -0.2) is 16.8 Å². The molecule has 2 aromatic carbocycles. The summed E-state index contributed by atoms with van der Waals surface area (Å²) in [5.74, 6) is -0.00560. The summed E-state index contributed by atoms with van der Waals surface area (Å²) in [5.41, 5.74) is 2.14. The molecule has 30 heavy (non-hydrogen) atoms. The van der Waals surface area contributed by atoms with Crippen molar-refractivity contribution in [1.29, 1.82) is 0 Å². The smallest absolute Gasteiger partial charge is 0.183 e. The molecule has 1 saturated heterocycles. The van der Waals surface area contributed by atoms with Gasteiger partial charge in [-0.3, -0.25) is 0 Å². The summed E-state index contributed by atoms with van der Waals surface area (Å²) in [4.78, 5) is 3.32. The number of hydrogen-bond acceptors (Lipinski definition) is 6. The number of fused-ring (bicyclic) bond motifs is 1. The summed E-state index contributed by atoms with van der Waals surface area (Å²) >= 11 is 0. The van der Waals surface area contributed by atoms with E-state index in [2.05, 4.69) is 10.3 Å². The van der Waals surface area contributed by atoms with Gasteiger partial charge >= 0.3 is 0 Å². The second-order valence-electron chi connectivity index (χ2n) is 7.51. The minimum atomic E-state index is -3.81. The van der Waals surface area contributed by atoms with Gasteiger partial charge in [0.25, 0.3) is 0 Å². The highest BCUT2D eigenvalue weighted by Gasteiger charge is 2.45. The monoisotopic (exact) mass is 448 g/mol. The van der Waals surface area contributed by atoms with E-state index >= 15 is 0 Å². The number of benzene rings is 2. The van der Waals surface area contributed by atoms with E-state index in [4.69, 9.17) is 4.74 Å². The van der Waals surface area contributed by atoms with Crippen LogP contribution in [0.5, 0.6) is 5.75 Å². The molecule has 1 aliphatic rings. The van der Waals surface area contributed by atoms with E-state index in [9.17, 15) is 16.8 Å². The predicted octanol–water partition coefficient (Wildman–Crippen LogP) is 1.95. The van der Waals surface area contributed by atoms with Crippen LogP contribution in [0.15, 0.2) is 59.6 Å². The summed E-state index contributed by atoms with van der Waals surface area (Å²) in [5, 5.41) is 3.29. The highest BCUT2D eigenvalue weighted by Crippen LogP contribution is 2.27. The lowest BCUT2D eigenvalue weighted by atomic mass is 10.1. The summed E-state index contributed by atoms with van der Waals surface area (Å²) in [6.07, 6.45) is 2.60. The maximum atomic E-state index is 13.1. The van der Waals surface area contributed by atoms with E-state index in [-0.39, 0.29) is 16.4 Å². The number of para-hydroxylation sites is 1. The van der Waals surface area contributed by atoms with Gasteiger partial charge in [0, 0.05) is 23.1 Å². The van der Waals surface area contributed by atoms with Crippen LogP contribution in [0.2, 0.25) is 0 Å². The van der Waals surface area contributed by atoms with Crippen molar-refractivity contribution in [3.8, 4) is 5.75 Å². The fourth-order valence-corrected chi connectivity index (χ4v) is 8.70. The van der Waals surface area contributed by atoms with Crippen LogP contribution in [0.4, 0.5) is 0 Å². The lowest BCUT2D eigenvalue weighted by molar-refractivity contribution is 0.414. The molecule has 4 rings (SSSR count). The van der Waals surface area contributed by atoms with Gasteiger partial charge in [0.05, 0.1) is 28.8 Å². The Kier molecular flexibility index (Phi) is 5.61. The zero-order valence-electron chi connectivity index (χ0n) is 16.5. The molecular formula is C21H24N2O5S2. The van der Waals surface area contributed by atoms with Crippen molar-refractivity contribution in [2.24, 2.45) is 0 Å². The second-order valence-corrected chi connectivity index (χ2v) is 11.8. The number of nitrogens with one attached hydrogen (secondary N) is 2. The van der Waals surface area contributed by atoms with Gasteiger partial charge in [-0.15, -0.1) is 0 Å². The molecule has 9 heteroatoms. The van der Waals surface area contributed by atoms with Crippen molar-refractivity contribution in [3.63, 3.8) is 0 Å². The number of ether oxygens (including phenoxy) is 1. The van der Waals surface area contributed by atoms with E-state index in [0.717, 1.165) is 16.5 Å². The van der Waals surface area contributed by atoms with Crippen LogP contribution in [0.3, 0.4) is 0 Å². The normalized spacial score (nSPS) is 21.1. The third-order valence-corrected chi connectivity index (χ3v) is 9.73. The van der Waals surface area contributed by atoms with E-state index < -0.39 is 31.0 Å². The standard InChI is InChI=1S/C21H24N2O5S2/c1-28-16-6-8-17(9-7-16)30(26,27)21-14-29(24,25)13-20(21)22-11-10-15-12-23-19-5-3-2-4-18(15)19/h2-9,12,20-23H,10-11,13-14H2,1H3/t20-,21-/m0/s1. The molecule has 0 amide bonds. The van der Waals surface area contributed by atoms with E-state index in [1.165, 1.54) is 19.2 Å². The Morgan fingerprint density at radius 3 is 2.57 bits per heavy atom. The molecule has 160 valence electrons. The van der Waals surface area contributed by atoms with Crippen LogP contribution >= 0.6 is 0 Å². The molecule has 2 N–H and O–H groups in total. The minimum absolute atomic E-state index is 0.105. The molecule has 7 nitrogen and oxygen atoms in total. The van der Waals surface area contributed by atoms with Crippen molar-refractivity contribution in [1.82, 2.24) is 10.3 Å². The Bertz CT molecular complexity index is 1250. The third kappa shape index (κ3) is 4.10. The van der Waals surface area contributed by atoms with Crippen LogP contribution in [0.25, 0.3) is 10.9 Å². The third-order valence-electron chi connectivity index (χ3n) is 5.56. The molecule has 0 aliphatic carbocycles. The topological polar surface area (TPSA) is 105 Å². The lowest BCUT2D eigenvalue weighted by Crippen LogP contribution is -2.44. The zero-order valence-corrected chi connectivity index (χ0v) is 18.2. The van der Waals surface area contributed by atoms with Gasteiger partial charge in [-0.05, 0) is 48.9 Å². The second kappa shape index (κ2) is 8.05. The van der Waals surface area contributed by atoms with Crippen LogP contribution in [-0.2, 0) is 26.1 Å². The minimum Gasteiger partial charge on any atom is -0.497 e. The maximum absolute atomic E-state index is 13.1. The zero-order chi connectivity index (χ0) is 21.4. The SMILES string of the molecule is COc1ccc(S(=O)(=O)[C@H]2CS(=O)(=O)C[C@@H]2NCCc2c[nH]c3ccccc23)cc1. The van der Waals surface area contributed by atoms with Crippen molar-refractivity contribution >= 4 is 30.6 Å². The number of methoxy groups -OCH3 is 1. The number of hydrogen-bond donors (Lipinski definition) is 2. The van der Waals surface area contributed by atoms with Gasteiger partial charge in [0.1, 0.15) is 5.75 Å². The molecule has 0 spiro atoms. The summed E-state index contributed by atoms with van der Waals surface area (Å²) in [6, 6.07) is 13.3. The Balaban J connectivity index is 1.50. The highest BCUT2D eigenvalue weighted by atomic mass is 32.2. The van der Waals surface area contributed by atoms with E-state index in [1.807, 2.05) is 30.5 Å². The van der Waals surface area contributed by atoms with Gasteiger partial charge in [-0.2, -0.15) is 0 Å². The molecule has 2 heterocycles. The highest BCUT2D eigenvalue weighted by molar-refractivity contribution is 7.96. The summed E-state index contributed by atoms with van der Waals surface area (Å²) in [7, 11) is -5.75. The maximum Gasteiger partial charge on any atom is 0.183 e. The molecule has 0 unspecified atom stereocenters. The average Bonchev–Trinajstić information content (AvgIpc) is 3.28. The number of rotatable bonds is 7. The first-order chi connectivity index (χ1) is 14.3. The Morgan fingerprint density at radius 2 is 1.83 bits per heavy atom. The fourth-order valence-electron chi connectivity index (χ4n) is 3.98. The van der Waals surface area contributed by atoms with Crippen LogP contribution < -0.4 is 10.1 Å². The molecular weight excluding hydrogens is 424 g/mol. The van der Waals surface area contributed by atoms with Crippen LogP contribution in [0, 0.1) is 0 Å². The first-order valence-electron chi connectivity index (χ1n) is 9.67. The Morgan fingerprint density at radius 1 is 1.10 bits per heavy atom. The molecule has 1 fully saturated rings. The summed E-state index contributed by atoms with van der Waals surface area (Å²) in [6.45, 7) is 0.483. The van der Waals surface area contributed by atoms with Crippen molar-refractivity contribution in [2.75, 3.05) is 25.2 Å². The predicted molar refractivity (Wildman–Crippen MR) is 116 cm³/mol.